The van der Waals surface area contributed by atoms with Crippen LogP contribution in [0.5, 0.6) is 0 Å². The predicted molar refractivity (Wildman–Crippen MR) is 51.5 cm³/mol. The Kier molecular flexibility index (Phi) is 3.15. The van der Waals surface area contributed by atoms with Crippen molar-refractivity contribution in [2.24, 2.45) is 0 Å². The van der Waals surface area contributed by atoms with E-state index in [2.05, 4.69) is 24.5 Å². The van der Waals surface area contributed by atoms with Crippen LogP contribution in [-0.4, -0.2) is 5.75 Å². The third kappa shape index (κ3) is 2.36. The van der Waals surface area contributed by atoms with Crippen LogP contribution in [0.4, 0.5) is 14.5 Å². The van der Waals surface area contributed by atoms with Gasteiger partial charge in [-0.05, 0) is 6.07 Å². The molecule has 0 saturated heterocycles. The molecule has 13 heavy (non-hydrogen) atoms. The normalized spacial score (nSPS) is 9.15. The van der Waals surface area contributed by atoms with Gasteiger partial charge in [-0.2, -0.15) is 12.6 Å². The Morgan fingerprint density at radius 1 is 1.31 bits per heavy atom. The van der Waals surface area contributed by atoms with Crippen LogP contribution < -0.4 is 5.73 Å². The third-order valence-electron chi connectivity index (χ3n) is 1.39. The standard InChI is InChI=1S/C9H7F2NS/c10-7-5-8(11)9(12)4-6(7)2-1-3-13/h4-5,13H,3,12H2. The summed E-state index contributed by atoms with van der Waals surface area (Å²) >= 11 is 3.83. The Hall–Kier alpha value is -1.21. The molecule has 2 N–H and O–H groups in total. The minimum absolute atomic E-state index is 0.0907. The van der Waals surface area contributed by atoms with Crippen molar-refractivity contribution in [1.29, 1.82) is 0 Å². The summed E-state index contributed by atoms with van der Waals surface area (Å²) in [5.74, 6) is 3.87. The SMILES string of the molecule is Nc1cc(C#CCS)c(F)cc1F. The zero-order valence-corrected chi connectivity index (χ0v) is 7.54. The second-order valence-electron chi connectivity index (χ2n) is 2.31. The first-order chi connectivity index (χ1) is 6.15. The summed E-state index contributed by atoms with van der Waals surface area (Å²) in [5, 5.41) is 0. The van der Waals surface area contributed by atoms with Crippen LogP contribution in [0.25, 0.3) is 0 Å². The van der Waals surface area contributed by atoms with Crippen molar-refractivity contribution in [3.8, 4) is 11.8 Å². The van der Waals surface area contributed by atoms with Crippen LogP contribution in [0.2, 0.25) is 0 Å². The highest BCUT2D eigenvalue weighted by Crippen LogP contribution is 2.15. The van der Waals surface area contributed by atoms with Crippen LogP contribution in [0.15, 0.2) is 12.1 Å². The van der Waals surface area contributed by atoms with Crippen LogP contribution in [0.1, 0.15) is 5.56 Å². The van der Waals surface area contributed by atoms with Gasteiger partial charge in [-0.15, -0.1) is 0 Å². The first-order valence-corrected chi connectivity index (χ1v) is 4.12. The van der Waals surface area contributed by atoms with E-state index in [1.807, 2.05) is 0 Å². The van der Waals surface area contributed by atoms with Crippen molar-refractivity contribution in [1.82, 2.24) is 0 Å². The molecule has 4 heteroatoms. The summed E-state index contributed by atoms with van der Waals surface area (Å²) in [5.41, 5.74) is 5.22. The van der Waals surface area contributed by atoms with E-state index < -0.39 is 11.6 Å². The molecule has 0 amide bonds. The molecule has 0 aliphatic heterocycles. The Balaban J connectivity index is 3.16. The van der Waals surface area contributed by atoms with Crippen molar-refractivity contribution in [2.45, 2.75) is 0 Å². The fourth-order valence-electron chi connectivity index (χ4n) is 0.796. The molecule has 1 aromatic carbocycles. The molecule has 0 fully saturated rings. The number of nitrogen functional groups attached to an aromatic ring is 1. The van der Waals surface area contributed by atoms with Gasteiger partial charge in [0.1, 0.15) is 11.6 Å². The van der Waals surface area contributed by atoms with Gasteiger partial charge in [-0.25, -0.2) is 8.78 Å². The lowest BCUT2D eigenvalue weighted by Gasteiger charge is -1.98. The molecule has 1 rings (SSSR count). The number of thiol groups is 1. The van der Waals surface area contributed by atoms with Crippen molar-refractivity contribution in [2.75, 3.05) is 11.5 Å². The fourth-order valence-corrected chi connectivity index (χ4v) is 0.875. The average Bonchev–Trinajstić information content (AvgIpc) is 2.09. The van der Waals surface area contributed by atoms with Gasteiger partial charge < -0.3 is 5.73 Å². The molecule has 0 aliphatic rings. The van der Waals surface area contributed by atoms with Gasteiger partial charge in [0.15, 0.2) is 0 Å². The molecular formula is C9H7F2NS. The first-order valence-electron chi connectivity index (χ1n) is 3.49. The molecule has 1 aromatic rings. The first kappa shape index (κ1) is 9.87. The molecule has 0 spiro atoms. The van der Waals surface area contributed by atoms with E-state index in [1.165, 1.54) is 6.07 Å². The quantitative estimate of drug-likeness (QED) is 0.372. The molecule has 0 bridgehead atoms. The van der Waals surface area contributed by atoms with Gasteiger partial charge in [0.25, 0.3) is 0 Å². The van der Waals surface area contributed by atoms with Gasteiger partial charge in [0, 0.05) is 6.07 Å². The highest BCUT2D eigenvalue weighted by atomic mass is 32.1. The minimum atomic E-state index is -0.770. The zero-order valence-electron chi connectivity index (χ0n) is 6.64. The zero-order chi connectivity index (χ0) is 9.84. The molecular weight excluding hydrogens is 192 g/mol. The Morgan fingerprint density at radius 3 is 2.62 bits per heavy atom. The number of nitrogens with two attached hydrogens (primary N) is 1. The van der Waals surface area contributed by atoms with E-state index in [-0.39, 0.29) is 11.3 Å². The van der Waals surface area contributed by atoms with E-state index >= 15 is 0 Å². The molecule has 0 heterocycles. The molecule has 1 nitrogen and oxygen atoms in total. The van der Waals surface area contributed by atoms with Crippen molar-refractivity contribution >= 4 is 18.3 Å². The van der Waals surface area contributed by atoms with E-state index in [0.717, 1.165) is 6.07 Å². The highest BCUT2D eigenvalue weighted by Gasteiger charge is 2.04. The predicted octanol–water partition coefficient (Wildman–Crippen LogP) is 1.83. The largest absolute Gasteiger partial charge is 0.396 e. The average molecular weight is 199 g/mol. The molecule has 0 atom stereocenters. The molecule has 0 saturated carbocycles. The molecule has 0 radical (unpaired) electrons. The third-order valence-corrected chi connectivity index (χ3v) is 1.55. The van der Waals surface area contributed by atoms with Crippen molar-refractivity contribution in [3.05, 3.63) is 29.3 Å². The van der Waals surface area contributed by atoms with E-state index in [0.29, 0.717) is 5.75 Å². The summed E-state index contributed by atoms with van der Waals surface area (Å²) in [4.78, 5) is 0. The maximum Gasteiger partial charge on any atom is 0.149 e. The maximum absolute atomic E-state index is 12.9. The van der Waals surface area contributed by atoms with Crippen LogP contribution in [-0.2, 0) is 0 Å². The summed E-state index contributed by atoms with van der Waals surface area (Å²) < 4.78 is 25.6. The smallest absolute Gasteiger partial charge is 0.149 e. The van der Waals surface area contributed by atoms with Gasteiger partial charge in [0.2, 0.25) is 0 Å². The van der Waals surface area contributed by atoms with Gasteiger partial charge in [-0.3, -0.25) is 0 Å². The van der Waals surface area contributed by atoms with E-state index in [4.69, 9.17) is 5.73 Å². The van der Waals surface area contributed by atoms with Crippen LogP contribution >= 0.6 is 12.6 Å². The van der Waals surface area contributed by atoms with Crippen molar-refractivity contribution in [3.63, 3.8) is 0 Å². The second-order valence-corrected chi connectivity index (χ2v) is 2.63. The number of rotatable bonds is 0. The molecule has 0 aromatic heterocycles. The van der Waals surface area contributed by atoms with Gasteiger partial charge in [0.05, 0.1) is 17.0 Å². The Morgan fingerprint density at radius 2 is 2.00 bits per heavy atom. The van der Waals surface area contributed by atoms with Crippen LogP contribution in [0.3, 0.4) is 0 Å². The van der Waals surface area contributed by atoms with E-state index in [1.54, 1.807) is 0 Å². The van der Waals surface area contributed by atoms with Crippen LogP contribution in [0, 0.1) is 23.5 Å². The molecule has 0 aliphatic carbocycles. The lowest BCUT2D eigenvalue weighted by atomic mass is 10.2. The van der Waals surface area contributed by atoms with Crippen molar-refractivity contribution < 1.29 is 8.78 Å². The topological polar surface area (TPSA) is 26.0 Å². The van der Waals surface area contributed by atoms with Gasteiger partial charge in [-0.1, -0.05) is 11.8 Å². The Bertz CT molecular complexity index is 379. The van der Waals surface area contributed by atoms with Gasteiger partial charge >= 0.3 is 0 Å². The Labute approximate surface area is 80.4 Å². The summed E-state index contributed by atoms with van der Waals surface area (Å²) in [6.45, 7) is 0. The summed E-state index contributed by atoms with van der Waals surface area (Å²) in [7, 11) is 0. The number of halogens is 2. The summed E-state index contributed by atoms with van der Waals surface area (Å²) in [6, 6.07) is 1.89. The highest BCUT2D eigenvalue weighted by molar-refractivity contribution is 7.80. The monoisotopic (exact) mass is 199 g/mol. The van der Waals surface area contributed by atoms with E-state index in [9.17, 15) is 8.78 Å². The lowest BCUT2D eigenvalue weighted by molar-refractivity contribution is 0.584. The minimum Gasteiger partial charge on any atom is -0.396 e. The summed E-state index contributed by atoms with van der Waals surface area (Å²) in [6.07, 6.45) is 0. The number of anilines is 1. The molecule has 0 unspecified atom stereocenters. The lowest BCUT2D eigenvalue weighted by Crippen LogP contribution is -1.94. The number of hydrogen-bond donors (Lipinski definition) is 2. The number of benzene rings is 1. The number of hydrogen-bond acceptors (Lipinski definition) is 2. The fraction of sp³-hybridized carbons (Fsp3) is 0.111. The maximum atomic E-state index is 12.9. The molecule has 68 valence electrons. The second kappa shape index (κ2) is 4.15.